The Bertz CT molecular complexity index is 726. The minimum absolute atomic E-state index is 0.220. The number of piperidine rings is 1. The number of aromatic nitrogens is 2. The van der Waals surface area contributed by atoms with Crippen LogP contribution in [0.4, 0.5) is 0 Å². The predicted octanol–water partition coefficient (Wildman–Crippen LogP) is 4.07. The molecule has 0 spiro atoms. The molecule has 0 N–H and O–H groups in total. The maximum Gasteiger partial charge on any atom is 0.165 e. The molecule has 0 radical (unpaired) electrons. The highest BCUT2D eigenvalue weighted by Gasteiger charge is 2.29. The van der Waals surface area contributed by atoms with Crippen LogP contribution in [-0.4, -0.2) is 39.7 Å². The summed E-state index contributed by atoms with van der Waals surface area (Å²) in [5.74, 6) is 1.36. The molecule has 0 amide bonds. The van der Waals surface area contributed by atoms with Crippen LogP contribution in [0.15, 0.2) is 18.6 Å². The zero-order valence-corrected chi connectivity index (χ0v) is 15.4. The van der Waals surface area contributed by atoms with Gasteiger partial charge in [-0.15, -0.1) is 0 Å². The Hall–Kier alpha value is -1.68. The maximum atomic E-state index is 12.5. The molecule has 1 saturated heterocycles. The Morgan fingerprint density at radius 2 is 2.04 bits per heavy atom. The van der Waals surface area contributed by atoms with Crippen LogP contribution >= 0.6 is 0 Å². The molecule has 0 saturated carbocycles. The number of carbonyl (C=O) groups is 1. The average molecular weight is 327 g/mol. The van der Waals surface area contributed by atoms with Crippen molar-refractivity contribution in [2.75, 3.05) is 19.6 Å². The average Bonchev–Trinajstić information content (AvgIpc) is 2.92. The summed E-state index contributed by atoms with van der Waals surface area (Å²) >= 11 is 0. The van der Waals surface area contributed by atoms with Gasteiger partial charge in [-0.25, -0.2) is 0 Å². The Morgan fingerprint density at radius 1 is 1.33 bits per heavy atom. The zero-order valence-electron chi connectivity index (χ0n) is 15.4. The van der Waals surface area contributed by atoms with E-state index >= 15 is 0 Å². The molecule has 0 aliphatic carbocycles. The molecule has 1 aliphatic rings. The van der Waals surface area contributed by atoms with Crippen molar-refractivity contribution in [2.24, 2.45) is 5.92 Å². The van der Waals surface area contributed by atoms with Gasteiger partial charge in [0.05, 0.1) is 11.7 Å². The Labute approximate surface area is 144 Å². The highest BCUT2D eigenvalue weighted by atomic mass is 16.1. The van der Waals surface area contributed by atoms with Crippen molar-refractivity contribution in [3.05, 3.63) is 35.4 Å². The number of likely N-dealkylation sites (tertiary alicyclic amines) is 1. The highest BCUT2D eigenvalue weighted by molar-refractivity contribution is 6.04. The van der Waals surface area contributed by atoms with E-state index in [1.54, 1.807) is 0 Å². The first-order chi connectivity index (χ1) is 11.6. The molecule has 0 aromatic carbocycles. The summed E-state index contributed by atoms with van der Waals surface area (Å²) in [4.78, 5) is 19.3. The normalized spacial score (nSPS) is 18.2. The fourth-order valence-electron chi connectivity index (χ4n) is 4.34. The van der Waals surface area contributed by atoms with E-state index < -0.39 is 0 Å². The van der Waals surface area contributed by atoms with E-state index in [1.165, 1.54) is 31.6 Å². The van der Waals surface area contributed by atoms with Gasteiger partial charge in [-0.1, -0.05) is 20.8 Å². The number of carbonyl (C=O) groups excluding carboxylic acids is 1. The van der Waals surface area contributed by atoms with Gasteiger partial charge in [-0.3, -0.25) is 9.78 Å². The predicted molar refractivity (Wildman–Crippen MR) is 97.8 cm³/mol. The summed E-state index contributed by atoms with van der Waals surface area (Å²) in [7, 11) is 0. The topological polar surface area (TPSA) is 37.6 Å². The SMILES string of the molecule is CCC(=O)c1c(C)c(C(C)C2CCN(CC)CC2)n2ccncc12. The van der Waals surface area contributed by atoms with Gasteiger partial charge in [-0.05, 0) is 56.8 Å². The summed E-state index contributed by atoms with van der Waals surface area (Å²) in [6, 6.07) is 0. The molecule has 0 bridgehead atoms. The number of rotatable bonds is 5. The molecule has 4 nitrogen and oxygen atoms in total. The summed E-state index contributed by atoms with van der Waals surface area (Å²) in [6.45, 7) is 12.2. The molecule has 1 atom stereocenters. The second-order valence-corrected chi connectivity index (χ2v) is 7.05. The fraction of sp³-hybridized carbons (Fsp3) is 0.600. The van der Waals surface area contributed by atoms with Crippen LogP contribution in [0.1, 0.15) is 67.6 Å². The maximum absolute atomic E-state index is 12.5. The lowest BCUT2D eigenvalue weighted by Gasteiger charge is -2.34. The smallest absolute Gasteiger partial charge is 0.165 e. The first-order valence-corrected chi connectivity index (χ1v) is 9.28. The molecule has 1 aliphatic heterocycles. The summed E-state index contributed by atoms with van der Waals surface area (Å²) < 4.78 is 2.21. The Balaban J connectivity index is 2.00. The quantitative estimate of drug-likeness (QED) is 0.777. The van der Waals surface area contributed by atoms with Crippen molar-refractivity contribution in [3.63, 3.8) is 0 Å². The number of hydrogen-bond donors (Lipinski definition) is 0. The van der Waals surface area contributed by atoms with E-state index in [4.69, 9.17) is 0 Å². The molecule has 3 rings (SSSR count). The zero-order chi connectivity index (χ0) is 17.3. The van der Waals surface area contributed by atoms with E-state index in [-0.39, 0.29) is 5.78 Å². The van der Waals surface area contributed by atoms with E-state index in [0.717, 1.165) is 23.2 Å². The van der Waals surface area contributed by atoms with Crippen LogP contribution in [0.2, 0.25) is 0 Å². The second-order valence-electron chi connectivity index (χ2n) is 7.05. The molecule has 130 valence electrons. The molecule has 2 aromatic heterocycles. The monoisotopic (exact) mass is 327 g/mol. The largest absolute Gasteiger partial charge is 0.317 e. The lowest BCUT2D eigenvalue weighted by Crippen LogP contribution is -2.35. The van der Waals surface area contributed by atoms with Gasteiger partial charge in [0.15, 0.2) is 5.78 Å². The third kappa shape index (κ3) is 2.88. The van der Waals surface area contributed by atoms with Crippen molar-refractivity contribution in [3.8, 4) is 0 Å². The minimum atomic E-state index is 0.220. The molecule has 4 heteroatoms. The highest BCUT2D eigenvalue weighted by Crippen LogP contribution is 2.37. The van der Waals surface area contributed by atoms with Crippen LogP contribution in [0.3, 0.4) is 0 Å². The molecule has 1 unspecified atom stereocenters. The van der Waals surface area contributed by atoms with E-state index in [2.05, 4.69) is 35.1 Å². The standard InChI is InChI=1S/C20H29N3O/c1-5-18(24)19-15(4)20(23-12-9-21-13-17(19)23)14(3)16-7-10-22(6-2)11-8-16/h9,12-14,16H,5-8,10-11H2,1-4H3. The van der Waals surface area contributed by atoms with Crippen molar-refractivity contribution in [1.82, 2.24) is 14.3 Å². The first-order valence-electron chi connectivity index (χ1n) is 9.28. The van der Waals surface area contributed by atoms with Crippen LogP contribution < -0.4 is 0 Å². The molecule has 1 fully saturated rings. The van der Waals surface area contributed by atoms with E-state index in [1.807, 2.05) is 25.5 Å². The van der Waals surface area contributed by atoms with Gasteiger partial charge in [-0.2, -0.15) is 0 Å². The molecule has 24 heavy (non-hydrogen) atoms. The van der Waals surface area contributed by atoms with Gasteiger partial charge >= 0.3 is 0 Å². The van der Waals surface area contributed by atoms with Crippen molar-refractivity contribution in [1.29, 1.82) is 0 Å². The van der Waals surface area contributed by atoms with Gasteiger partial charge in [0, 0.05) is 30.1 Å². The van der Waals surface area contributed by atoms with E-state index in [9.17, 15) is 4.79 Å². The number of hydrogen-bond acceptors (Lipinski definition) is 3. The molecule has 2 aromatic rings. The van der Waals surface area contributed by atoms with Gasteiger partial charge in [0.25, 0.3) is 0 Å². The van der Waals surface area contributed by atoms with Crippen molar-refractivity contribution < 1.29 is 4.79 Å². The summed E-state index contributed by atoms with van der Waals surface area (Å²) in [6.07, 6.45) is 8.70. The number of nitrogens with zero attached hydrogens (tertiary/aromatic N) is 3. The summed E-state index contributed by atoms with van der Waals surface area (Å²) in [5.41, 5.74) is 4.30. The first kappa shape index (κ1) is 17.2. The van der Waals surface area contributed by atoms with Gasteiger partial charge in [0.1, 0.15) is 0 Å². The number of Topliss-reactive ketones (excluding diaryl/α,β-unsaturated/α-hetero) is 1. The Morgan fingerprint density at radius 3 is 2.67 bits per heavy atom. The molecular formula is C20H29N3O. The van der Waals surface area contributed by atoms with Crippen LogP contribution in [0.25, 0.3) is 5.52 Å². The third-order valence-electron chi connectivity index (χ3n) is 5.85. The lowest BCUT2D eigenvalue weighted by atomic mass is 9.82. The van der Waals surface area contributed by atoms with Crippen LogP contribution in [0.5, 0.6) is 0 Å². The lowest BCUT2D eigenvalue weighted by molar-refractivity contribution is 0.0989. The van der Waals surface area contributed by atoms with Gasteiger partial charge in [0.2, 0.25) is 0 Å². The van der Waals surface area contributed by atoms with Crippen LogP contribution in [-0.2, 0) is 0 Å². The number of ketones is 1. The molecule has 3 heterocycles. The third-order valence-corrected chi connectivity index (χ3v) is 5.85. The Kier molecular flexibility index (Phi) is 5.04. The van der Waals surface area contributed by atoms with E-state index in [0.29, 0.717) is 18.3 Å². The molecular weight excluding hydrogens is 298 g/mol. The van der Waals surface area contributed by atoms with Crippen molar-refractivity contribution >= 4 is 11.3 Å². The number of fused-ring (bicyclic) bond motifs is 1. The summed E-state index contributed by atoms with van der Waals surface area (Å²) in [5, 5.41) is 0. The van der Waals surface area contributed by atoms with Crippen LogP contribution in [0, 0.1) is 12.8 Å². The minimum Gasteiger partial charge on any atom is -0.317 e. The second kappa shape index (κ2) is 7.06. The van der Waals surface area contributed by atoms with Gasteiger partial charge < -0.3 is 9.30 Å². The fourth-order valence-corrected chi connectivity index (χ4v) is 4.34. The van der Waals surface area contributed by atoms with Crippen molar-refractivity contribution in [2.45, 2.75) is 52.9 Å².